The lowest BCUT2D eigenvalue weighted by Gasteiger charge is -2.59. The van der Waals surface area contributed by atoms with E-state index in [9.17, 15) is 9.59 Å². The molecule has 1 aliphatic carbocycles. The standard InChI is InChI=1S/C18H22N2O3/c21-16(14-6-7-23-17(22)19-10-14)20-11-18(12-20)8-15(9-18)13-4-2-1-3-5-13/h1-5,14-15H,6-12H2,(H,19,22)/t14-/m1/s1. The van der Waals surface area contributed by atoms with Gasteiger partial charge < -0.3 is 15.0 Å². The Bertz CT molecular complexity index is 602. The topological polar surface area (TPSA) is 58.6 Å². The SMILES string of the molecule is O=C1NC[C@H](C(=O)N2CC3(CC(c4ccccc4)C3)C2)CCO1. The van der Waals surface area contributed by atoms with Gasteiger partial charge in [-0.1, -0.05) is 30.3 Å². The summed E-state index contributed by atoms with van der Waals surface area (Å²) in [7, 11) is 0. The Morgan fingerprint density at radius 3 is 2.70 bits per heavy atom. The molecule has 3 aliphatic rings. The molecule has 4 rings (SSSR count). The summed E-state index contributed by atoms with van der Waals surface area (Å²) in [4.78, 5) is 25.7. The number of likely N-dealkylation sites (tertiary alicyclic amines) is 1. The van der Waals surface area contributed by atoms with Crippen molar-refractivity contribution in [1.82, 2.24) is 10.2 Å². The molecule has 1 saturated carbocycles. The molecule has 2 amide bonds. The average molecular weight is 314 g/mol. The van der Waals surface area contributed by atoms with Gasteiger partial charge >= 0.3 is 6.09 Å². The van der Waals surface area contributed by atoms with Gasteiger partial charge in [0, 0.05) is 25.0 Å². The van der Waals surface area contributed by atoms with Gasteiger partial charge in [0.05, 0.1) is 12.5 Å². The summed E-state index contributed by atoms with van der Waals surface area (Å²) in [5, 5.41) is 2.65. The molecule has 23 heavy (non-hydrogen) atoms. The van der Waals surface area contributed by atoms with Crippen LogP contribution in [0.25, 0.3) is 0 Å². The minimum absolute atomic E-state index is 0.135. The normalized spacial score (nSPS) is 26.5. The second-order valence-corrected chi connectivity index (χ2v) is 7.21. The molecule has 2 saturated heterocycles. The van der Waals surface area contributed by atoms with Crippen LogP contribution >= 0.6 is 0 Å². The lowest BCUT2D eigenvalue weighted by Crippen LogP contribution is -2.64. The first-order chi connectivity index (χ1) is 11.2. The number of carbonyl (C=O) groups excluding carboxylic acids is 2. The van der Waals surface area contributed by atoms with Crippen LogP contribution in [0.3, 0.4) is 0 Å². The van der Waals surface area contributed by atoms with Crippen LogP contribution in [0.4, 0.5) is 4.79 Å². The van der Waals surface area contributed by atoms with Crippen molar-refractivity contribution in [3.63, 3.8) is 0 Å². The first-order valence-electron chi connectivity index (χ1n) is 8.40. The molecule has 2 aliphatic heterocycles. The van der Waals surface area contributed by atoms with Crippen LogP contribution in [0.1, 0.15) is 30.7 Å². The molecule has 122 valence electrons. The van der Waals surface area contributed by atoms with Gasteiger partial charge in [-0.15, -0.1) is 0 Å². The van der Waals surface area contributed by atoms with Crippen LogP contribution in [-0.4, -0.2) is 43.1 Å². The van der Waals surface area contributed by atoms with Crippen molar-refractivity contribution in [3.8, 4) is 0 Å². The van der Waals surface area contributed by atoms with E-state index in [0.717, 1.165) is 13.1 Å². The van der Waals surface area contributed by atoms with Crippen LogP contribution in [0.5, 0.6) is 0 Å². The Kier molecular flexibility index (Phi) is 3.51. The van der Waals surface area contributed by atoms with E-state index in [1.807, 2.05) is 4.90 Å². The molecule has 1 aromatic carbocycles. The van der Waals surface area contributed by atoms with E-state index >= 15 is 0 Å². The van der Waals surface area contributed by atoms with Gasteiger partial charge in [0.25, 0.3) is 0 Å². The van der Waals surface area contributed by atoms with Gasteiger partial charge in [0.15, 0.2) is 0 Å². The predicted molar refractivity (Wildman–Crippen MR) is 84.9 cm³/mol. The average Bonchev–Trinajstić information content (AvgIpc) is 2.70. The molecule has 2 heterocycles. The third kappa shape index (κ3) is 2.69. The van der Waals surface area contributed by atoms with E-state index in [0.29, 0.717) is 30.9 Å². The molecule has 0 bridgehead atoms. The van der Waals surface area contributed by atoms with Crippen LogP contribution in [-0.2, 0) is 9.53 Å². The minimum Gasteiger partial charge on any atom is -0.450 e. The second kappa shape index (κ2) is 5.55. The van der Waals surface area contributed by atoms with Crippen molar-refractivity contribution in [3.05, 3.63) is 35.9 Å². The molecule has 5 heteroatoms. The fourth-order valence-corrected chi connectivity index (χ4v) is 4.25. The third-order valence-electron chi connectivity index (χ3n) is 5.54. The summed E-state index contributed by atoms with van der Waals surface area (Å²) < 4.78 is 4.93. The van der Waals surface area contributed by atoms with Crippen LogP contribution < -0.4 is 5.32 Å². The summed E-state index contributed by atoms with van der Waals surface area (Å²) in [6.07, 6.45) is 2.58. The number of nitrogens with one attached hydrogen (secondary N) is 1. The highest BCUT2D eigenvalue weighted by atomic mass is 16.5. The van der Waals surface area contributed by atoms with Crippen molar-refractivity contribution in [2.45, 2.75) is 25.2 Å². The molecule has 1 atom stereocenters. The predicted octanol–water partition coefficient (Wildman–Crippen LogP) is 2.14. The molecule has 0 aromatic heterocycles. The number of benzene rings is 1. The second-order valence-electron chi connectivity index (χ2n) is 7.21. The van der Waals surface area contributed by atoms with Gasteiger partial charge in [0.2, 0.25) is 5.91 Å². The maximum Gasteiger partial charge on any atom is 0.407 e. The maximum atomic E-state index is 12.5. The smallest absolute Gasteiger partial charge is 0.407 e. The summed E-state index contributed by atoms with van der Waals surface area (Å²) >= 11 is 0. The highest BCUT2D eigenvalue weighted by Gasteiger charge is 2.54. The number of ether oxygens (including phenoxy) is 1. The van der Waals surface area contributed by atoms with Crippen molar-refractivity contribution in [2.24, 2.45) is 11.3 Å². The highest BCUT2D eigenvalue weighted by molar-refractivity contribution is 5.81. The monoisotopic (exact) mass is 314 g/mol. The van der Waals surface area contributed by atoms with E-state index in [1.54, 1.807) is 0 Å². The Labute approximate surface area is 136 Å². The highest BCUT2D eigenvalue weighted by Crippen LogP contribution is 2.56. The molecule has 1 spiro atoms. The zero-order valence-electron chi connectivity index (χ0n) is 13.2. The molecule has 0 unspecified atom stereocenters. The number of nitrogens with zero attached hydrogens (tertiary/aromatic N) is 1. The lowest BCUT2D eigenvalue weighted by molar-refractivity contribution is -0.156. The number of hydrogen-bond donors (Lipinski definition) is 1. The fourth-order valence-electron chi connectivity index (χ4n) is 4.25. The Morgan fingerprint density at radius 1 is 1.22 bits per heavy atom. The first kappa shape index (κ1) is 14.5. The van der Waals surface area contributed by atoms with Crippen molar-refractivity contribution in [1.29, 1.82) is 0 Å². The molecule has 0 radical (unpaired) electrons. The Morgan fingerprint density at radius 2 is 1.96 bits per heavy atom. The van der Waals surface area contributed by atoms with E-state index in [1.165, 1.54) is 18.4 Å². The Balaban J connectivity index is 1.29. The van der Waals surface area contributed by atoms with E-state index < -0.39 is 6.09 Å². The molecule has 3 fully saturated rings. The van der Waals surface area contributed by atoms with Gasteiger partial charge in [-0.3, -0.25) is 4.79 Å². The number of carbonyl (C=O) groups is 2. The van der Waals surface area contributed by atoms with Gasteiger partial charge in [0.1, 0.15) is 0 Å². The summed E-state index contributed by atoms with van der Waals surface area (Å²) in [6.45, 7) is 2.48. The molecule has 5 nitrogen and oxygen atoms in total. The molecular weight excluding hydrogens is 292 g/mol. The van der Waals surface area contributed by atoms with Crippen LogP contribution in [0, 0.1) is 11.3 Å². The fraction of sp³-hybridized carbons (Fsp3) is 0.556. The van der Waals surface area contributed by atoms with Gasteiger partial charge in [-0.05, 0) is 30.7 Å². The van der Waals surface area contributed by atoms with E-state index in [-0.39, 0.29) is 11.8 Å². The zero-order chi connectivity index (χ0) is 15.9. The summed E-state index contributed by atoms with van der Waals surface area (Å²) in [5.41, 5.74) is 1.77. The molecule has 1 aromatic rings. The quantitative estimate of drug-likeness (QED) is 0.910. The Hall–Kier alpha value is -2.04. The molecular formula is C18H22N2O3. The van der Waals surface area contributed by atoms with Crippen molar-refractivity contribution >= 4 is 12.0 Å². The maximum absolute atomic E-state index is 12.5. The van der Waals surface area contributed by atoms with Crippen molar-refractivity contribution < 1.29 is 14.3 Å². The largest absolute Gasteiger partial charge is 0.450 e. The van der Waals surface area contributed by atoms with E-state index in [2.05, 4.69) is 35.6 Å². The minimum atomic E-state index is -0.412. The zero-order valence-corrected chi connectivity index (χ0v) is 13.2. The van der Waals surface area contributed by atoms with Crippen LogP contribution in [0.2, 0.25) is 0 Å². The number of amides is 2. The summed E-state index contributed by atoms with van der Waals surface area (Å²) in [5.74, 6) is 0.687. The van der Waals surface area contributed by atoms with Crippen molar-refractivity contribution in [2.75, 3.05) is 26.2 Å². The first-order valence-corrected chi connectivity index (χ1v) is 8.40. The third-order valence-corrected chi connectivity index (χ3v) is 5.54. The van der Waals surface area contributed by atoms with E-state index in [4.69, 9.17) is 4.74 Å². The lowest BCUT2D eigenvalue weighted by atomic mass is 9.56. The summed E-state index contributed by atoms with van der Waals surface area (Å²) in [6, 6.07) is 10.6. The van der Waals surface area contributed by atoms with Gasteiger partial charge in [-0.25, -0.2) is 4.79 Å². The molecule has 1 N–H and O–H groups in total. The number of alkyl carbamates (subject to hydrolysis) is 1. The number of hydrogen-bond acceptors (Lipinski definition) is 3. The van der Waals surface area contributed by atoms with Gasteiger partial charge in [-0.2, -0.15) is 0 Å². The number of rotatable bonds is 2. The number of cyclic esters (lactones) is 1. The van der Waals surface area contributed by atoms with Crippen LogP contribution in [0.15, 0.2) is 30.3 Å².